The van der Waals surface area contributed by atoms with Crippen molar-refractivity contribution in [2.24, 2.45) is 5.92 Å². The van der Waals surface area contributed by atoms with Gasteiger partial charge in [0.1, 0.15) is 6.61 Å². The number of aliphatic hydroxyl groups excluding tert-OH is 1. The smallest absolute Gasteiger partial charge is 0.407 e. The molecule has 2 atom stereocenters. The number of aliphatic hydroxyl groups is 1. The summed E-state index contributed by atoms with van der Waals surface area (Å²) in [6, 6.07) is 13.1. The van der Waals surface area contributed by atoms with Crippen LogP contribution in [0.15, 0.2) is 65.1 Å². The van der Waals surface area contributed by atoms with E-state index < -0.39 is 28.3 Å². The van der Waals surface area contributed by atoms with Gasteiger partial charge < -0.3 is 25.8 Å². The third-order valence-corrected chi connectivity index (χ3v) is 11.2. The van der Waals surface area contributed by atoms with Gasteiger partial charge in [0, 0.05) is 45.5 Å². The first-order valence-corrected chi connectivity index (χ1v) is 18.9. The van der Waals surface area contributed by atoms with Gasteiger partial charge in [0.25, 0.3) is 0 Å². The van der Waals surface area contributed by atoms with Crippen LogP contribution >= 0.6 is 22.7 Å². The van der Waals surface area contributed by atoms with Crippen molar-refractivity contribution in [1.82, 2.24) is 29.8 Å². The molecule has 258 valence electrons. The quantitative estimate of drug-likeness (QED) is 0.144. The minimum absolute atomic E-state index is 0.0279. The molecule has 1 saturated heterocycles. The van der Waals surface area contributed by atoms with Gasteiger partial charge in [-0.1, -0.05) is 55.5 Å². The maximum absolute atomic E-state index is 14.1. The Bertz CT molecular complexity index is 1750. The van der Waals surface area contributed by atoms with Crippen molar-refractivity contribution in [3.05, 3.63) is 70.7 Å². The lowest BCUT2D eigenvalue weighted by Crippen LogP contribution is -2.51. The lowest BCUT2D eigenvalue weighted by molar-refractivity contribution is -0.117. The van der Waals surface area contributed by atoms with Gasteiger partial charge >= 0.3 is 6.09 Å². The number of benzene rings is 2. The van der Waals surface area contributed by atoms with Crippen molar-refractivity contribution in [3.63, 3.8) is 0 Å². The number of nitrogens with zero attached hydrogens (tertiary/aromatic N) is 4. The molecule has 2 aromatic heterocycles. The van der Waals surface area contributed by atoms with Gasteiger partial charge in [0.15, 0.2) is 5.13 Å². The number of fused-ring (bicyclic) bond motifs is 1. The first-order valence-electron chi connectivity index (χ1n) is 15.7. The fraction of sp³-hybridized carbons (Fsp3) is 0.438. The third kappa shape index (κ3) is 10.0. The number of piperazine rings is 1. The monoisotopic (exact) mass is 715 g/mol. The van der Waals surface area contributed by atoms with Gasteiger partial charge in [-0.2, -0.15) is 4.31 Å². The van der Waals surface area contributed by atoms with Crippen LogP contribution in [-0.2, 0) is 32.6 Å². The number of thiazole rings is 2. The zero-order chi connectivity index (χ0) is 34.1. The molecule has 48 heavy (non-hydrogen) atoms. The highest BCUT2D eigenvalue weighted by molar-refractivity contribution is 7.89. The molecule has 0 saturated carbocycles. The first kappa shape index (κ1) is 35.8. The Morgan fingerprint density at radius 1 is 1.12 bits per heavy atom. The summed E-state index contributed by atoms with van der Waals surface area (Å²) in [5.41, 5.74) is 3.06. The summed E-state index contributed by atoms with van der Waals surface area (Å²) in [5.74, 6) is -0.228. The van der Waals surface area contributed by atoms with Crippen molar-refractivity contribution in [2.45, 2.75) is 43.9 Å². The number of carbonyl (C=O) groups excluding carboxylic acids is 2. The number of rotatable bonds is 15. The van der Waals surface area contributed by atoms with Crippen LogP contribution in [0, 0.1) is 5.92 Å². The van der Waals surface area contributed by atoms with Gasteiger partial charge in [-0.05, 0) is 36.1 Å². The van der Waals surface area contributed by atoms with Crippen LogP contribution in [0.5, 0.6) is 0 Å². The van der Waals surface area contributed by atoms with Crippen molar-refractivity contribution in [1.29, 1.82) is 0 Å². The third-order valence-electron chi connectivity index (χ3n) is 7.68. The number of sulfonamides is 1. The molecule has 4 aromatic rings. The number of ether oxygens (including phenoxy) is 1. The zero-order valence-electron chi connectivity index (χ0n) is 26.9. The summed E-state index contributed by atoms with van der Waals surface area (Å²) in [6.45, 7) is 7.20. The summed E-state index contributed by atoms with van der Waals surface area (Å²) >= 11 is 2.56. The van der Waals surface area contributed by atoms with E-state index in [9.17, 15) is 23.1 Å². The van der Waals surface area contributed by atoms with Crippen LogP contribution < -0.4 is 16.0 Å². The molecule has 2 amide bonds. The molecule has 0 radical (unpaired) electrons. The molecule has 1 aliphatic rings. The summed E-state index contributed by atoms with van der Waals surface area (Å²) in [4.78, 5) is 36.8. The van der Waals surface area contributed by atoms with E-state index in [0.717, 1.165) is 36.6 Å². The number of carbonyl (C=O) groups is 2. The molecule has 13 nitrogen and oxygen atoms in total. The van der Waals surface area contributed by atoms with Crippen molar-refractivity contribution >= 4 is 60.0 Å². The Balaban J connectivity index is 1.31. The molecule has 2 aromatic carbocycles. The summed E-state index contributed by atoms with van der Waals surface area (Å²) < 4.78 is 35.4. The van der Waals surface area contributed by atoms with E-state index in [1.807, 2.05) is 44.2 Å². The standard InChI is InChI=1S/C32H41N7O6S3/c1-22(2)17-39(18-28(40)27(14-23-6-4-3-5-7-23)36-32(42)45-20-24-16-34-21-46-24)48(43,44)25-8-9-26-29(15-25)47-31(35-26)37-30(41)19-38-12-10-33-11-13-38/h3-9,15-16,21-22,27-28,33,40H,10-14,17-20H2,1-2H3,(H,36,42)(H,35,37,41)/t27-,28+/m0/s1. The number of amides is 2. The van der Waals surface area contributed by atoms with Crippen molar-refractivity contribution < 1.29 is 27.9 Å². The Labute approximate surface area is 288 Å². The van der Waals surface area contributed by atoms with Gasteiger partial charge in [0.05, 0.1) is 44.2 Å². The van der Waals surface area contributed by atoms with Crippen LogP contribution in [-0.4, -0.2) is 103 Å². The Hall–Kier alpha value is -3.51. The SMILES string of the molecule is CC(C)CN(C[C@@H](O)[C@H](Cc1ccccc1)NC(=O)OCc1cncs1)S(=O)(=O)c1ccc2nc(NC(=O)CN3CCNCC3)sc2c1. The average molecular weight is 716 g/mol. The minimum Gasteiger partial charge on any atom is -0.444 e. The molecule has 3 heterocycles. The number of anilines is 1. The van der Waals surface area contributed by atoms with E-state index in [1.54, 1.807) is 23.8 Å². The Morgan fingerprint density at radius 2 is 1.90 bits per heavy atom. The highest BCUT2D eigenvalue weighted by Crippen LogP contribution is 2.30. The fourth-order valence-electron chi connectivity index (χ4n) is 5.31. The van der Waals surface area contributed by atoms with Crippen LogP contribution in [0.4, 0.5) is 9.93 Å². The predicted octanol–water partition coefficient (Wildman–Crippen LogP) is 3.14. The maximum atomic E-state index is 14.1. The number of alkyl carbamates (subject to hydrolysis) is 1. The van der Waals surface area contributed by atoms with Crippen LogP contribution in [0.25, 0.3) is 10.2 Å². The molecule has 0 spiro atoms. The lowest BCUT2D eigenvalue weighted by Gasteiger charge is -2.30. The topological polar surface area (TPSA) is 166 Å². The van der Waals surface area contributed by atoms with E-state index in [1.165, 1.54) is 33.0 Å². The lowest BCUT2D eigenvalue weighted by atomic mass is 10.0. The molecule has 1 fully saturated rings. The van der Waals surface area contributed by atoms with Crippen molar-refractivity contribution in [2.75, 3.05) is 51.1 Å². The Kier molecular flexibility index (Phi) is 12.5. The molecule has 5 rings (SSSR count). The minimum atomic E-state index is -4.09. The summed E-state index contributed by atoms with van der Waals surface area (Å²) in [7, 11) is -4.09. The largest absolute Gasteiger partial charge is 0.444 e. The molecule has 0 unspecified atom stereocenters. The normalized spacial score (nSPS) is 15.4. The highest BCUT2D eigenvalue weighted by Gasteiger charge is 2.32. The van der Waals surface area contributed by atoms with Gasteiger partial charge in [-0.25, -0.2) is 18.2 Å². The number of hydrogen-bond donors (Lipinski definition) is 4. The maximum Gasteiger partial charge on any atom is 0.407 e. The van der Waals surface area contributed by atoms with Gasteiger partial charge in [-0.3, -0.25) is 14.7 Å². The van der Waals surface area contributed by atoms with Gasteiger partial charge in [0.2, 0.25) is 15.9 Å². The van der Waals surface area contributed by atoms with Crippen LogP contribution in [0.2, 0.25) is 0 Å². The number of hydrogen-bond acceptors (Lipinski definition) is 12. The molecule has 16 heteroatoms. The van der Waals surface area contributed by atoms with Gasteiger partial charge in [-0.15, -0.1) is 11.3 Å². The average Bonchev–Trinajstić information content (AvgIpc) is 3.73. The van der Waals surface area contributed by atoms with E-state index in [2.05, 4.69) is 30.8 Å². The van der Waals surface area contributed by atoms with Crippen LogP contribution in [0.3, 0.4) is 0 Å². The predicted molar refractivity (Wildman–Crippen MR) is 187 cm³/mol. The fourth-order valence-corrected chi connectivity index (χ4v) is 8.46. The van der Waals surface area contributed by atoms with E-state index >= 15 is 0 Å². The molecule has 1 aliphatic heterocycles. The number of aromatic nitrogens is 2. The highest BCUT2D eigenvalue weighted by atomic mass is 32.2. The van der Waals surface area contributed by atoms with Crippen molar-refractivity contribution in [3.8, 4) is 0 Å². The number of nitrogens with one attached hydrogen (secondary N) is 3. The first-order chi connectivity index (χ1) is 23.1. The second-order valence-electron chi connectivity index (χ2n) is 12.0. The van der Waals surface area contributed by atoms with E-state index in [0.29, 0.717) is 15.3 Å². The van der Waals surface area contributed by atoms with E-state index in [4.69, 9.17) is 4.74 Å². The second-order valence-corrected chi connectivity index (χ2v) is 15.9. The van der Waals surface area contributed by atoms with E-state index in [-0.39, 0.29) is 49.4 Å². The molecular weight excluding hydrogens is 675 g/mol. The van der Waals surface area contributed by atoms with Crippen LogP contribution in [0.1, 0.15) is 24.3 Å². The zero-order valence-corrected chi connectivity index (χ0v) is 29.3. The molecule has 0 bridgehead atoms. The molecule has 4 N–H and O–H groups in total. The second kappa shape index (κ2) is 16.7. The summed E-state index contributed by atoms with van der Waals surface area (Å²) in [6.07, 6.45) is -0.131. The molecular formula is C32H41N7O6S3. The summed E-state index contributed by atoms with van der Waals surface area (Å²) in [5, 5.41) is 20.7. The molecule has 0 aliphatic carbocycles. The Morgan fingerprint density at radius 3 is 2.60 bits per heavy atom.